The molecule has 0 aliphatic heterocycles. The van der Waals surface area contributed by atoms with E-state index < -0.39 is 6.67 Å². The largest absolute Gasteiger partial charge is 0.377 e. The minimum atomic E-state index is -0.393. The van der Waals surface area contributed by atoms with Crippen LogP contribution < -0.4 is 11.1 Å². The Balaban J connectivity index is 1.91. The molecule has 24 heavy (non-hydrogen) atoms. The lowest BCUT2D eigenvalue weighted by atomic mass is 10.1. The number of rotatable bonds is 7. The highest BCUT2D eigenvalue weighted by molar-refractivity contribution is 7.19. The van der Waals surface area contributed by atoms with Gasteiger partial charge in [0.15, 0.2) is 0 Å². The molecule has 0 fully saturated rings. The first kappa shape index (κ1) is 17.5. The normalized spacial score (nSPS) is 12.7. The Hall–Kier alpha value is -1.28. The third-order valence-electron chi connectivity index (χ3n) is 3.78. The average molecular weight is 385 g/mol. The Morgan fingerprint density at radius 2 is 2.29 bits per heavy atom. The standard InChI is InChI=1S/C16H18ClFN4S2/c1-9-12(6-10(19)2-3-18)24-16-11(7-13(17)22-15(9)16)21-8-14-20-4-5-23-14/h4-5,7,10H,2-3,6,8,19H2,1H3,(H,21,22)/t10-/m0/s1. The summed E-state index contributed by atoms with van der Waals surface area (Å²) in [5.74, 6) is 0. The number of aromatic nitrogens is 2. The number of fused-ring (bicyclic) bond motifs is 1. The summed E-state index contributed by atoms with van der Waals surface area (Å²) < 4.78 is 13.5. The van der Waals surface area contributed by atoms with Crippen molar-refractivity contribution >= 4 is 50.2 Å². The molecule has 4 nitrogen and oxygen atoms in total. The second kappa shape index (κ2) is 7.74. The Morgan fingerprint density at radius 3 is 3.00 bits per heavy atom. The van der Waals surface area contributed by atoms with Gasteiger partial charge in [-0.05, 0) is 25.3 Å². The lowest BCUT2D eigenvalue weighted by molar-refractivity contribution is 0.436. The van der Waals surface area contributed by atoms with E-state index in [-0.39, 0.29) is 6.04 Å². The molecule has 8 heteroatoms. The summed E-state index contributed by atoms with van der Waals surface area (Å²) in [6.07, 6.45) is 2.81. The number of pyridine rings is 1. The van der Waals surface area contributed by atoms with Crippen LogP contribution in [-0.2, 0) is 13.0 Å². The second-order valence-corrected chi connectivity index (χ2v) is 8.01. The second-order valence-electron chi connectivity index (χ2n) is 5.54. The first-order valence-electron chi connectivity index (χ1n) is 7.60. The summed E-state index contributed by atoms with van der Waals surface area (Å²) in [6.45, 7) is 2.26. The van der Waals surface area contributed by atoms with Gasteiger partial charge in [0.1, 0.15) is 10.2 Å². The minimum Gasteiger partial charge on any atom is -0.377 e. The Morgan fingerprint density at radius 1 is 1.46 bits per heavy atom. The molecule has 0 spiro atoms. The zero-order valence-corrected chi connectivity index (χ0v) is 15.6. The molecule has 0 aliphatic rings. The molecule has 0 aliphatic carbocycles. The average Bonchev–Trinajstić information content (AvgIpc) is 3.15. The van der Waals surface area contributed by atoms with Gasteiger partial charge in [0.25, 0.3) is 0 Å². The molecule has 128 valence electrons. The van der Waals surface area contributed by atoms with Gasteiger partial charge in [-0.1, -0.05) is 11.6 Å². The molecule has 3 aromatic rings. The summed E-state index contributed by atoms with van der Waals surface area (Å²) in [7, 11) is 0. The predicted octanol–water partition coefficient (Wildman–Crippen LogP) is 4.56. The van der Waals surface area contributed by atoms with Crippen LogP contribution in [0.1, 0.15) is 21.9 Å². The van der Waals surface area contributed by atoms with E-state index >= 15 is 0 Å². The van der Waals surface area contributed by atoms with Gasteiger partial charge in [-0.3, -0.25) is 4.39 Å². The molecule has 0 unspecified atom stereocenters. The molecule has 0 bridgehead atoms. The number of alkyl halides is 1. The zero-order chi connectivity index (χ0) is 17.1. The van der Waals surface area contributed by atoms with Gasteiger partial charge in [-0.2, -0.15) is 0 Å². The van der Waals surface area contributed by atoms with Crippen molar-refractivity contribution in [2.24, 2.45) is 5.73 Å². The van der Waals surface area contributed by atoms with Crippen molar-refractivity contribution in [1.82, 2.24) is 9.97 Å². The van der Waals surface area contributed by atoms with E-state index in [0.29, 0.717) is 24.5 Å². The number of aryl methyl sites for hydroxylation is 1. The minimum absolute atomic E-state index is 0.177. The van der Waals surface area contributed by atoms with E-state index in [2.05, 4.69) is 15.3 Å². The quantitative estimate of drug-likeness (QED) is 0.586. The van der Waals surface area contributed by atoms with E-state index in [1.54, 1.807) is 28.9 Å². The van der Waals surface area contributed by atoms with Gasteiger partial charge in [0.2, 0.25) is 0 Å². The lowest BCUT2D eigenvalue weighted by Crippen LogP contribution is -2.23. The maximum Gasteiger partial charge on any atom is 0.131 e. The highest BCUT2D eigenvalue weighted by Gasteiger charge is 2.16. The Bertz CT molecular complexity index is 819. The Labute approximate surface area is 152 Å². The van der Waals surface area contributed by atoms with Gasteiger partial charge >= 0.3 is 0 Å². The van der Waals surface area contributed by atoms with Crippen molar-refractivity contribution in [2.45, 2.75) is 32.4 Å². The molecule has 3 aromatic heterocycles. The van der Waals surface area contributed by atoms with Crippen LogP contribution in [0.15, 0.2) is 17.6 Å². The van der Waals surface area contributed by atoms with Crippen LogP contribution >= 0.6 is 34.3 Å². The highest BCUT2D eigenvalue weighted by Crippen LogP contribution is 2.37. The third kappa shape index (κ3) is 3.85. The van der Waals surface area contributed by atoms with Crippen LogP contribution in [0.5, 0.6) is 0 Å². The number of halogens is 2. The molecule has 0 saturated heterocycles. The molecule has 3 rings (SSSR count). The topological polar surface area (TPSA) is 63.8 Å². The fourth-order valence-corrected chi connectivity index (χ4v) is 4.59. The van der Waals surface area contributed by atoms with Gasteiger partial charge in [0, 0.05) is 28.6 Å². The van der Waals surface area contributed by atoms with Crippen LogP contribution in [-0.4, -0.2) is 22.7 Å². The molecule has 0 aromatic carbocycles. The molecule has 3 heterocycles. The number of hydrogen-bond donors (Lipinski definition) is 2. The summed E-state index contributed by atoms with van der Waals surface area (Å²) >= 11 is 9.44. The SMILES string of the molecule is Cc1c(C[C@@H](N)CCF)sc2c(NCc3nccs3)cc(Cl)nc12. The molecule has 1 atom stereocenters. The maximum atomic E-state index is 12.5. The van der Waals surface area contributed by atoms with Gasteiger partial charge in [-0.15, -0.1) is 22.7 Å². The van der Waals surface area contributed by atoms with Crippen molar-refractivity contribution in [3.05, 3.63) is 38.2 Å². The first-order chi connectivity index (χ1) is 11.6. The van der Waals surface area contributed by atoms with E-state index in [0.717, 1.165) is 31.4 Å². The fraction of sp³-hybridized carbons (Fsp3) is 0.375. The van der Waals surface area contributed by atoms with Gasteiger partial charge in [-0.25, -0.2) is 9.97 Å². The number of thiazole rings is 1. The highest BCUT2D eigenvalue weighted by atomic mass is 35.5. The van der Waals surface area contributed by atoms with Crippen LogP contribution in [0.2, 0.25) is 5.15 Å². The molecular weight excluding hydrogens is 367 g/mol. The summed E-state index contributed by atoms with van der Waals surface area (Å²) in [6, 6.07) is 1.66. The number of nitrogens with two attached hydrogens (primary N) is 1. The monoisotopic (exact) mass is 384 g/mol. The number of nitrogens with one attached hydrogen (secondary N) is 1. The summed E-state index contributed by atoms with van der Waals surface area (Å²) in [4.78, 5) is 9.87. The van der Waals surface area contributed by atoms with E-state index in [4.69, 9.17) is 17.3 Å². The zero-order valence-electron chi connectivity index (χ0n) is 13.2. The summed E-state index contributed by atoms with van der Waals surface area (Å²) in [5.41, 5.74) is 8.90. The maximum absolute atomic E-state index is 12.5. The first-order valence-corrected chi connectivity index (χ1v) is 9.68. The number of hydrogen-bond acceptors (Lipinski definition) is 6. The van der Waals surface area contributed by atoms with Gasteiger partial charge < -0.3 is 11.1 Å². The van der Waals surface area contributed by atoms with Crippen LogP contribution in [0.3, 0.4) is 0 Å². The van der Waals surface area contributed by atoms with Gasteiger partial charge in [0.05, 0.1) is 29.1 Å². The van der Waals surface area contributed by atoms with Crippen LogP contribution in [0.4, 0.5) is 10.1 Å². The molecular formula is C16H18ClFN4S2. The Kier molecular flexibility index (Phi) is 5.65. The fourth-order valence-electron chi connectivity index (χ4n) is 2.51. The van der Waals surface area contributed by atoms with Crippen molar-refractivity contribution < 1.29 is 4.39 Å². The molecule has 0 radical (unpaired) electrons. The predicted molar refractivity (Wildman–Crippen MR) is 101 cm³/mol. The molecule has 0 saturated carbocycles. The van der Waals surface area contributed by atoms with Crippen molar-refractivity contribution in [3.63, 3.8) is 0 Å². The molecule has 3 N–H and O–H groups in total. The van der Waals surface area contributed by atoms with E-state index in [1.165, 1.54) is 0 Å². The number of nitrogens with zero attached hydrogens (tertiary/aromatic N) is 2. The van der Waals surface area contributed by atoms with E-state index in [1.807, 2.05) is 18.4 Å². The van der Waals surface area contributed by atoms with Crippen LogP contribution in [0.25, 0.3) is 10.2 Å². The third-order valence-corrected chi connectivity index (χ3v) is 6.09. The van der Waals surface area contributed by atoms with E-state index in [9.17, 15) is 4.39 Å². The number of anilines is 1. The van der Waals surface area contributed by atoms with Crippen molar-refractivity contribution in [1.29, 1.82) is 0 Å². The van der Waals surface area contributed by atoms with Crippen molar-refractivity contribution in [3.8, 4) is 0 Å². The van der Waals surface area contributed by atoms with Crippen molar-refractivity contribution in [2.75, 3.05) is 12.0 Å². The molecule has 0 amide bonds. The van der Waals surface area contributed by atoms with Crippen LogP contribution in [0, 0.1) is 6.92 Å². The number of thiophene rings is 1. The smallest absolute Gasteiger partial charge is 0.131 e. The summed E-state index contributed by atoms with van der Waals surface area (Å²) in [5, 5.41) is 6.80. The lowest BCUT2D eigenvalue weighted by Gasteiger charge is -2.07.